The summed E-state index contributed by atoms with van der Waals surface area (Å²) < 4.78 is 7.78. The van der Waals surface area contributed by atoms with Gasteiger partial charge in [-0.15, -0.1) is 0 Å². The highest BCUT2D eigenvalue weighted by molar-refractivity contribution is 5.85. The van der Waals surface area contributed by atoms with Gasteiger partial charge in [0.05, 0.1) is 24.9 Å². The molecule has 1 aliphatic heterocycles. The SMILES string of the molecule is Cc1cc(C)n(CC2CN(c3cccc(C(=O)O)n3)CCO2)n1. The van der Waals surface area contributed by atoms with Crippen LogP contribution in [0.5, 0.6) is 0 Å². The van der Waals surface area contributed by atoms with Gasteiger partial charge in [-0.2, -0.15) is 5.10 Å². The number of rotatable bonds is 4. The third-order valence-electron chi connectivity index (χ3n) is 3.90. The molecule has 1 N–H and O–H groups in total. The molecule has 0 bridgehead atoms. The summed E-state index contributed by atoms with van der Waals surface area (Å²) in [4.78, 5) is 17.3. The number of hydrogen-bond donors (Lipinski definition) is 1. The summed E-state index contributed by atoms with van der Waals surface area (Å²) in [6.45, 7) is 6.62. The van der Waals surface area contributed by atoms with E-state index in [-0.39, 0.29) is 11.8 Å². The molecule has 0 aliphatic carbocycles. The van der Waals surface area contributed by atoms with Gasteiger partial charge in [-0.3, -0.25) is 4.68 Å². The second-order valence-corrected chi connectivity index (χ2v) is 5.73. The van der Waals surface area contributed by atoms with Crippen LogP contribution in [-0.4, -0.2) is 51.6 Å². The number of anilines is 1. The largest absolute Gasteiger partial charge is 0.477 e. The number of nitrogens with zero attached hydrogens (tertiary/aromatic N) is 4. The Balaban J connectivity index is 1.72. The zero-order valence-electron chi connectivity index (χ0n) is 13.3. The maximum absolute atomic E-state index is 11.1. The summed E-state index contributed by atoms with van der Waals surface area (Å²) in [5.41, 5.74) is 2.16. The number of aromatic carboxylic acids is 1. The van der Waals surface area contributed by atoms with Crippen LogP contribution in [-0.2, 0) is 11.3 Å². The van der Waals surface area contributed by atoms with Gasteiger partial charge in [0.25, 0.3) is 0 Å². The van der Waals surface area contributed by atoms with Crippen LogP contribution >= 0.6 is 0 Å². The molecule has 0 saturated carbocycles. The Labute approximate surface area is 134 Å². The van der Waals surface area contributed by atoms with Crippen molar-refractivity contribution in [2.24, 2.45) is 0 Å². The van der Waals surface area contributed by atoms with E-state index in [1.54, 1.807) is 6.07 Å². The molecule has 2 aromatic heterocycles. The Morgan fingerprint density at radius 2 is 2.26 bits per heavy atom. The predicted molar refractivity (Wildman–Crippen MR) is 84.9 cm³/mol. The van der Waals surface area contributed by atoms with E-state index in [0.717, 1.165) is 11.4 Å². The van der Waals surface area contributed by atoms with E-state index >= 15 is 0 Å². The fraction of sp³-hybridized carbons (Fsp3) is 0.438. The first-order valence-corrected chi connectivity index (χ1v) is 7.61. The van der Waals surface area contributed by atoms with Crippen molar-refractivity contribution in [3.63, 3.8) is 0 Å². The minimum Gasteiger partial charge on any atom is -0.477 e. The second kappa shape index (κ2) is 6.37. The molecule has 1 fully saturated rings. The van der Waals surface area contributed by atoms with Crippen LogP contribution in [0.15, 0.2) is 24.3 Å². The number of aromatic nitrogens is 3. The Kier molecular flexibility index (Phi) is 4.29. The zero-order valence-corrected chi connectivity index (χ0v) is 13.3. The zero-order chi connectivity index (χ0) is 16.4. The van der Waals surface area contributed by atoms with Gasteiger partial charge < -0.3 is 14.7 Å². The van der Waals surface area contributed by atoms with Crippen molar-refractivity contribution in [1.82, 2.24) is 14.8 Å². The monoisotopic (exact) mass is 316 g/mol. The number of ether oxygens (including phenoxy) is 1. The van der Waals surface area contributed by atoms with Crippen molar-refractivity contribution in [3.05, 3.63) is 41.3 Å². The van der Waals surface area contributed by atoms with E-state index in [1.165, 1.54) is 6.07 Å². The van der Waals surface area contributed by atoms with Crippen molar-refractivity contribution >= 4 is 11.8 Å². The van der Waals surface area contributed by atoms with Crippen LogP contribution < -0.4 is 4.90 Å². The quantitative estimate of drug-likeness (QED) is 0.920. The number of carboxylic acids is 1. The smallest absolute Gasteiger partial charge is 0.354 e. The van der Waals surface area contributed by atoms with Gasteiger partial charge in [-0.05, 0) is 32.0 Å². The number of carbonyl (C=O) groups is 1. The maximum atomic E-state index is 11.1. The Morgan fingerprint density at radius 3 is 2.96 bits per heavy atom. The molecule has 7 heteroatoms. The predicted octanol–water partition coefficient (Wildman–Crippen LogP) is 1.50. The van der Waals surface area contributed by atoms with E-state index in [2.05, 4.69) is 15.0 Å². The first kappa shape index (κ1) is 15.5. The molecular formula is C16H20N4O3. The summed E-state index contributed by atoms with van der Waals surface area (Å²) in [5.74, 6) is -0.342. The molecule has 2 aromatic rings. The lowest BCUT2D eigenvalue weighted by atomic mass is 10.2. The fourth-order valence-corrected chi connectivity index (χ4v) is 2.81. The standard InChI is InChI=1S/C16H20N4O3/c1-11-8-12(2)20(18-11)10-13-9-19(6-7-23-13)15-5-3-4-14(17-15)16(21)22/h3-5,8,13H,6-7,9-10H2,1-2H3,(H,21,22). The van der Waals surface area contributed by atoms with Crippen LogP contribution in [0.2, 0.25) is 0 Å². The molecule has 122 valence electrons. The molecule has 1 unspecified atom stereocenters. The molecule has 1 atom stereocenters. The Morgan fingerprint density at radius 1 is 1.43 bits per heavy atom. The molecule has 0 amide bonds. The molecule has 3 heterocycles. The highest BCUT2D eigenvalue weighted by atomic mass is 16.5. The fourth-order valence-electron chi connectivity index (χ4n) is 2.81. The Hall–Kier alpha value is -2.41. The first-order chi connectivity index (χ1) is 11.0. The van der Waals surface area contributed by atoms with Gasteiger partial charge in [-0.1, -0.05) is 6.07 Å². The average molecular weight is 316 g/mol. The molecule has 3 rings (SSSR count). The highest BCUT2D eigenvalue weighted by Crippen LogP contribution is 2.17. The normalized spacial score (nSPS) is 18.2. The van der Waals surface area contributed by atoms with Crippen molar-refractivity contribution < 1.29 is 14.6 Å². The van der Waals surface area contributed by atoms with Crippen molar-refractivity contribution in [2.45, 2.75) is 26.5 Å². The molecular weight excluding hydrogens is 296 g/mol. The van der Waals surface area contributed by atoms with Crippen LogP contribution in [0, 0.1) is 13.8 Å². The molecule has 7 nitrogen and oxygen atoms in total. The van der Waals surface area contributed by atoms with Gasteiger partial charge in [0.1, 0.15) is 5.82 Å². The van der Waals surface area contributed by atoms with Crippen LogP contribution in [0.25, 0.3) is 0 Å². The summed E-state index contributed by atoms with van der Waals surface area (Å²) in [7, 11) is 0. The lowest BCUT2D eigenvalue weighted by Crippen LogP contribution is -2.45. The van der Waals surface area contributed by atoms with Crippen LogP contribution in [0.4, 0.5) is 5.82 Å². The summed E-state index contributed by atoms with van der Waals surface area (Å²) in [5, 5.41) is 13.5. The van der Waals surface area contributed by atoms with Gasteiger partial charge in [0.15, 0.2) is 5.69 Å². The number of aryl methyl sites for hydroxylation is 2. The summed E-state index contributed by atoms with van der Waals surface area (Å²) in [6.07, 6.45) is -0.00275. The van der Waals surface area contributed by atoms with Crippen molar-refractivity contribution in [2.75, 3.05) is 24.6 Å². The van der Waals surface area contributed by atoms with Crippen molar-refractivity contribution in [3.8, 4) is 0 Å². The Bertz CT molecular complexity index is 713. The lowest BCUT2D eigenvalue weighted by molar-refractivity contribution is 0.0267. The molecule has 0 spiro atoms. The molecule has 0 radical (unpaired) electrons. The van der Waals surface area contributed by atoms with Gasteiger partial charge >= 0.3 is 5.97 Å². The van der Waals surface area contributed by atoms with E-state index in [0.29, 0.717) is 32.1 Å². The number of morpholine rings is 1. The summed E-state index contributed by atoms with van der Waals surface area (Å²) >= 11 is 0. The van der Waals surface area contributed by atoms with E-state index in [9.17, 15) is 4.79 Å². The second-order valence-electron chi connectivity index (χ2n) is 5.73. The van der Waals surface area contributed by atoms with E-state index in [4.69, 9.17) is 9.84 Å². The third kappa shape index (κ3) is 3.50. The topological polar surface area (TPSA) is 80.5 Å². The number of pyridine rings is 1. The minimum atomic E-state index is -1.01. The van der Waals surface area contributed by atoms with Gasteiger partial charge in [0.2, 0.25) is 0 Å². The molecule has 1 aliphatic rings. The van der Waals surface area contributed by atoms with Gasteiger partial charge in [0, 0.05) is 18.8 Å². The molecule has 0 aromatic carbocycles. The van der Waals surface area contributed by atoms with E-state index in [1.807, 2.05) is 30.7 Å². The molecule has 1 saturated heterocycles. The minimum absolute atomic E-state index is 0.00275. The average Bonchev–Trinajstić information content (AvgIpc) is 2.85. The van der Waals surface area contributed by atoms with Gasteiger partial charge in [-0.25, -0.2) is 9.78 Å². The number of carboxylic acid groups (broad SMARTS) is 1. The van der Waals surface area contributed by atoms with Crippen molar-refractivity contribution in [1.29, 1.82) is 0 Å². The number of hydrogen-bond acceptors (Lipinski definition) is 5. The van der Waals surface area contributed by atoms with Crippen LogP contribution in [0.1, 0.15) is 21.9 Å². The maximum Gasteiger partial charge on any atom is 0.354 e. The van der Waals surface area contributed by atoms with Crippen LogP contribution in [0.3, 0.4) is 0 Å². The first-order valence-electron chi connectivity index (χ1n) is 7.61. The molecule has 23 heavy (non-hydrogen) atoms. The highest BCUT2D eigenvalue weighted by Gasteiger charge is 2.23. The summed E-state index contributed by atoms with van der Waals surface area (Å²) in [6, 6.07) is 7.09. The lowest BCUT2D eigenvalue weighted by Gasteiger charge is -2.34. The van der Waals surface area contributed by atoms with E-state index < -0.39 is 5.97 Å². The third-order valence-corrected chi connectivity index (χ3v) is 3.90.